The molecule has 0 saturated carbocycles. The fourth-order valence-electron chi connectivity index (χ4n) is 1.96. The lowest BCUT2D eigenvalue weighted by Crippen LogP contribution is -1.95. The van der Waals surface area contributed by atoms with Crippen molar-refractivity contribution in [3.63, 3.8) is 0 Å². The van der Waals surface area contributed by atoms with Gasteiger partial charge in [0.05, 0.1) is 23.6 Å². The van der Waals surface area contributed by atoms with Crippen LogP contribution in [0.15, 0.2) is 50.6 Å². The zero-order valence-electron chi connectivity index (χ0n) is 12.2. The van der Waals surface area contributed by atoms with Gasteiger partial charge in [0.15, 0.2) is 5.76 Å². The first kappa shape index (κ1) is 15.7. The van der Waals surface area contributed by atoms with E-state index in [-0.39, 0.29) is 0 Å². The lowest BCUT2D eigenvalue weighted by molar-refractivity contribution is 0.338. The van der Waals surface area contributed by atoms with Crippen LogP contribution in [0.1, 0.15) is 12.5 Å². The highest BCUT2D eigenvalue weighted by Gasteiger charge is 2.10. The number of H-pyrrole nitrogens is 1. The fraction of sp³-hybridized carbons (Fsp3) is 0.133. The second-order valence-corrected chi connectivity index (χ2v) is 5.75. The molecule has 0 saturated heterocycles. The summed E-state index contributed by atoms with van der Waals surface area (Å²) in [5.41, 5.74) is 0.897. The van der Waals surface area contributed by atoms with Crippen LogP contribution in [-0.4, -0.2) is 27.7 Å². The van der Waals surface area contributed by atoms with Crippen molar-refractivity contribution in [3.05, 3.63) is 51.4 Å². The zero-order valence-corrected chi connectivity index (χ0v) is 14.6. The van der Waals surface area contributed by atoms with Gasteiger partial charge in [-0.3, -0.25) is 0 Å². The van der Waals surface area contributed by atoms with Crippen molar-refractivity contribution in [2.75, 3.05) is 6.61 Å². The first-order valence-electron chi connectivity index (χ1n) is 6.87. The number of ether oxygens (including phenoxy) is 1. The molecule has 0 bridgehead atoms. The minimum absolute atomic E-state index is 0.387. The largest absolute Gasteiger partial charge is 0.493 e. The smallest absolute Gasteiger partial charge is 0.219 e. The average molecular weight is 393 g/mol. The molecule has 0 spiro atoms. The number of halogens is 1. The lowest BCUT2D eigenvalue weighted by atomic mass is 10.2. The molecule has 3 aromatic rings. The summed E-state index contributed by atoms with van der Waals surface area (Å²) in [5, 5.41) is 11.2. The lowest BCUT2D eigenvalue weighted by Gasteiger charge is -2.05. The summed E-state index contributed by atoms with van der Waals surface area (Å²) in [6.07, 6.45) is 3.27. The monoisotopic (exact) mass is 392 g/mol. The molecule has 0 aliphatic heterocycles. The SMILES string of the molecule is CCOc1ccc(/C=N\n2c(-c3ccco3)n[nH]c2=S)cc1Br. The highest BCUT2D eigenvalue weighted by Crippen LogP contribution is 2.25. The Labute approximate surface area is 145 Å². The van der Waals surface area contributed by atoms with Gasteiger partial charge in [0.25, 0.3) is 0 Å². The molecule has 0 radical (unpaired) electrons. The molecule has 2 heterocycles. The molecule has 0 aliphatic rings. The fourth-order valence-corrected chi connectivity index (χ4v) is 2.65. The summed E-state index contributed by atoms with van der Waals surface area (Å²) in [7, 11) is 0. The van der Waals surface area contributed by atoms with Crippen LogP contribution in [0.2, 0.25) is 0 Å². The standard InChI is InChI=1S/C15H13BrN4O2S/c1-2-21-12-6-5-10(8-11(12)16)9-17-20-14(18-19-15(20)23)13-4-3-7-22-13/h3-9H,2H2,1H3,(H,19,23)/b17-9-. The Hall–Kier alpha value is -2.19. The topological polar surface area (TPSA) is 68.3 Å². The van der Waals surface area contributed by atoms with Crippen molar-refractivity contribution in [3.8, 4) is 17.3 Å². The quantitative estimate of drug-likeness (QED) is 0.520. The Morgan fingerprint density at radius 2 is 2.35 bits per heavy atom. The predicted molar refractivity (Wildman–Crippen MR) is 93.4 cm³/mol. The molecule has 0 aliphatic carbocycles. The third kappa shape index (κ3) is 3.43. The molecule has 8 heteroatoms. The second kappa shape index (κ2) is 6.93. The van der Waals surface area contributed by atoms with E-state index in [0.717, 1.165) is 15.8 Å². The number of furan rings is 1. The maximum absolute atomic E-state index is 5.49. The number of aromatic amines is 1. The molecule has 23 heavy (non-hydrogen) atoms. The highest BCUT2D eigenvalue weighted by molar-refractivity contribution is 9.10. The molecule has 1 aromatic carbocycles. The van der Waals surface area contributed by atoms with E-state index < -0.39 is 0 Å². The van der Waals surface area contributed by atoms with Crippen LogP contribution >= 0.6 is 28.1 Å². The minimum Gasteiger partial charge on any atom is -0.493 e. The van der Waals surface area contributed by atoms with Crippen molar-refractivity contribution >= 4 is 34.4 Å². The number of nitrogens with one attached hydrogen (secondary N) is 1. The molecule has 0 fully saturated rings. The maximum atomic E-state index is 5.49. The zero-order chi connectivity index (χ0) is 16.2. The van der Waals surface area contributed by atoms with Crippen LogP contribution in [0, 0.1) is 4.77 Å². The van der Waals surface area contributed by atoms with Crippen molar-refractivity contribution in [1.82, 2.24) is 14.9 Å². The predicted octanol–water partition coefficient (Wildman–Crippen LogP) is 4.24. The third-order valence-electron chi connectivity index (χ3n) is 2.97. The Bertz CT molecular complexity index is 883. The molecule has 6 nitrogen and oxygen atoms in total. The van der Waals surface area contributed by atoms with Crippen LogP contribution in [0.25, 0.3) is 11.6 Å². The number of hydrogen-bond acceptors (Lipinski definition) is 5. The summed E-state index contributed by atoms with van der Waals surface area (Å²) in [5.74, 6) is 1.89. The molecule has 118 valence electrons. The number of hydrogen-bond donors (Lipinski definition) is 1. The molecule has 3 rings (SSSR count). The summed E-state index contributed by atoms with van der Waals surface area (Å²) in [6, 6.07) is 9.30. The van der Waals surface area contributed by atoms with Gasteiger partial charge < -0.3 is 9.15 Å². The van der Waals surface area contributed by atoms with Crippen molar-refractivity contribution in [1.29, 1.82) is 0 Å². The average Bonchev–Trinajstić information content (AvgIpc) is 3.17. The van der Waals surface area contributed by atoms with E-state index >= 15 is 0 Å². The van der Waals surface area contributed by atoms with Gasteiger partial charge in [0.1, 0.15) is 5.75 Å². The van der Waals surface area contributed by atoms with Crippen LogP contribution in [-0.2, 0) is 0 Å². The van der Waals surface area contributed by atoms with Gasteiger partial charge in [-0.1, -0.05) is 0 Å². The van der Waals surface area contributed by atoms with E-state index in [1.165, 1.54) is 4.68 Å². The van der Waals surface area contributed by atoms with Gasteiger partial charge in [-0.05, 0) is 71.0 Å². The van der Waals surface area contributed by atoms with Crippen molar-refractivity contribution in [2.45, 2.75) is 6.92 Å². The first-order valence-corrected chi connectivity index (χ1v) is 8.07. The Balaban J connectivity index is 1.91. The minimum atomic E-state index is 0.387. The molecule has 2 aromatic heterocycles. The van der Waals surface area contributed by atoms with E-state index in [1.54, 1.807) is 24.6 Å². The summed E-state index contributed by atoms with van der Waals surface area (Å²) in [6.45, 7) is 2.56. The summed E-state index contributed by atoms with van der Waals surface area (Å²) >= 11 is 8.68. The second-order valence-electron chi connectivity index (χ2n) is 4.51. The summed E-state index contributed by atoms with van der Waals surface area (Å²) in [4.78, 5) is 0. The number of benzene rings is 1. The molecular weight excluding hydrogens is 380 g/mol. The van der Waals surface area contributed by atoms with E-state index in [1.807, 2.05) is 25.1 Å². The van der Waals surface area contributed by atoms with E-state index in [0.29, 0.717) is 23.0 Å². The Kier molecular flexibility index (Phi) is 4.73. The number of nitrogens with zero attached hydrogens (tertiary/aromatic N) is 3. The molecular formula is C15H13BrN4O2S. The van der Waals surface area contributed by atoms with Gasteiger partial charge in [-0.15, -0.1) is 5.10 Å². The molecule has 1 N–H and O–H groups in total. The van der Waals surface area contributed by atoms with Crippen molar-refractivity contribution < 1.29 is 9.15 Å². The van der Waals surface area contributed by atoms with Crippen molar-refractivity contribution in [2.24, 2.45) is 5.10 Å². The highest BCUT2D eigenvalue weighted by atomic mass is 79.9. The Morgan fingerprint density at radius 3 is 3.04 bits per heavy atom. The Morgan fingerprint density at radius 1 is 1.48 bits per heavy atom. The third-order valence-corrected chi connectivity index (χ3v) is 3.85. The van der Waals surface area contributed by atoms with Gasteiger partial charge in [-0.25, -0.2) is 5.10 Å². The molecule has 0 amide bonds. The van der Waals surface area contributed by atoms with E-state index in [4.69, 9.17) is 21.4 Å². The van der Waals surface area contributed by atoms with Crippen LogP contribution in [0.5, 0.6) is 5.75 Å². The number of rotatable bonds is 5. The molecule has 0 unspecified atom stereocenters. The van der Waals surface area contributed by atoms with E-state index in [9.17, 15) is 0 Å². The number of aromatic nitrogens is 3. The normalized spacial score (nSPS) is 11.2. The van der Waals surface area contributed by atoms with Crippen LogP contribution in [0.3, 0.4) is 0 Å². The van der Waals surface area contributed by atoms with Gasteiger partial charge in [0, 0.05) is 0 Å². The van der Waals surface area contributed by atoms with Crippen LogP contribution in [0.4, 0.5) is 0 Å². The summed E-state index contributed by atoms with van der Waals surface area (Å²) < 4.78 is 13.6. The van der Waals surface area contributed by atoms with Gasteiger partial charge in [0.2, 0.25) is 10.6 Å². The van der Waals surface area contributed by atoms with Gasteiger partial charge in [-0.2, -0.15) is 9.78 Å². The maximum Gasteiger partial charge on any atom is 0.219 e. The van der Waals surface area contributed by atoms with E-state index in [2.05, 4.69) is 31.2 Å². The van der Waals surface area contributed by atoms with Crippen LogP contribution < -0.4 is 4.74 Å². The first-order chi connectivity index (χ1) is 11.2. The molecule has 0 atom stereocenters. The van der Waals surface area contributed by atoms with Gasteiger partial charge >= 0.3 is 0 Å².